The molecule has 1 N–H and O–H groups in total. The molecule has 0 bridgehead atoms. The zero-order chi connectivity index (χ0) is 20.2. The average Bonchev–Trinajstić information content (AvgIpc) is 3.31. The number of hydrogen-bond donors (Lipinski definition) is 1. The minimum Gasteiger partial charge on any atom is -0.308 e. The van der Waals surface area contributed by atoms with Crippen LogP contribution in [0.3, 0.4) is 0 Å². The molecule has 2 aromatic carbocycles. The third-order valence-corrected chi connectivity index (χ3v) is 5.21. The van der Waals surface area contributed by atoms with Gasteiger partial charge in [-0.15, -0.1) is 0 Å². The maximum atomic E-state index is 4.94. The number of rotatable bonds is 7. The maximum absolute atomic E-state index is 4.94. The van der Waals surface area contributed by atoms with E-state index in [1.54, 1.807) is 0 Å². The Bertz CT molecular complexity index is 1090. The van der Waals surface area contributed by atoms with Crippen LogP contribution in [-0.4, -0.2) is 19.6 Å². The molecular weight excluding hydrogens is 358 g/mol. The SMILES string of the molecule is Cc1ccc(-c2nn(Cc3ccccc3)cc2CNCc2cnn(C)c2)cc1C. The minimum atomic E-state index is 0.756. The van der Waals surface area contributed by atoms with Crippen LogP contribution in [0.25, 0.3) is 11.3 Å². The van der Waals surface area contributed by atoms with Gasteiger partial charge < -0.3 is 5.32 Å². The Morgan fingerprint density at radius 3 is 2.45 bits per heavy atom. The molecule has 148 valence electrons. The summed E-state index contributed by atoms with van der Waals surface area (Å²) >= 11 is 0. The lowest BCUT2D eigenvalue weighted by atomic mass is 10.0. The first kappa shape index (κ1) is 19.2. The van der Waals surface area contributed by atoms with E-state index in [2.05, 4.69) is 72.9 Å². The van der Waals surface area contributed by atoms with E-state index in [9.17, 15) is 0 Å². The van der Waals surface area contributed by atoms with Crippen LogP contribution in [0.5, 0.6) is 0 Å². The van der Waals surface area contributed by atoms with Gasteiger partial charge >= 0.3 is 0 Å². The van der Waals surface area contributed by atoms with E-state index in [4.69, 9.17) is 5.10 Å². The Kier molecular flexibility index (Phi) is 5.58. The van der Waals surface area contributed by atoms with Crippen molar-refractivity contribution in [1.82, 2.24) is 24.9 Å². The molecule has 0 saturated carbocycles. The van der Waals surface area contributed by atoms with Gasteiger partial charge in [-0.3, -0.25) is 9.36 Å². The van der Waals surface area contributed by atoms with Crippen molar-refractivity contribution in [2.75, 3.05) is 0 Å². The highest BCUT2D eigenvalue weighted by atomic mass is 15.3. The second-order valence-corrected chi connectivity index (χ2v) is 7.61. The molecule has 5 nitrogen and oxygen atoms in total. The Morgan fingerprint density at radius 2 is 1.72 bits per heavy atom. The smallest absolute Gasteiger partial charge is 0.0968 e. The molecule has 0 saturated heterocycles. The molecule has 2 heterocycles. The lowest BCUT2D eigenvalue weighted by molar-refractivity contribution is 0.677. The van der Waals surface area contributed by atoms with Crippen LogP contribution in [0.15, 0.2) is 67.1 Å². The molecule has 0 aliphatic carbocycles. The number of benzene rings is 2. The van der Waals surface area contributed by atoms with Crippen molar-refractivity contribution < 1.29 is 0 Å². The fourth-order valence-electron chi connectivity index (χ4n) is 3.48. The predicted octanol–water partition coefficient (Wildman–Crippen LogP) is 4.24. The van der Waals surface area contributed by atoms with E-state index < -0.39 is 0 Å². The Morgan fingerprint density at radius 1 is 0.897 bits per heavy atom. The summed E-state index contributed by atoms with van der Waals surface area (Å²) < 4.78 is 3.87. The third-order valence-electron chi connectivity index (χ3n) is 5.21. The lowest BCUT2D eigenvalue weighted by Crippen LogP contribution is -2.12. The van der Waals surface area contributed by atoms with Gasteiger partial charge in [0.05, 0.1) is 18.4 Å². The normalized spacial score (nSPS) is 11.1. The molecule has 4 aromatic rings. The quantitative estimate of drug-likeness (QED) is 0.518. The van der Waals surface area contributed by atoms with E-state index >= 15 is 0 Å². The standard InChI is InChI=1S/C24H27N5/c1-18-9-10-22(11-19(18)2)24-23(14-25-12-21-13-26-28(3)15-21)17-29(27-24)16-20-7-5-4-6-8-20/h4-11,13,15,17,25H,12,14,16H2,1-3H3. The highest BCUT2D eigenvalue weighted by Gasteiger charge is 2.12. The van der Waals surface area contributed by atoms with Crippen molar-refractivity contribution in [3.8, 4) is 11.3 Å². The number of nitrogens with one attached hydrogen (secondary N) is 1. The van der Waals surface area contributed by atoms with Crippen molar-refractivity contribution in [2.24, 2.45) is 7.05 Å². The number of hydrogen-bond acceptors (Lipinski definition) is 3. The highest BCUT2D eigenvalue weighted by molar-refractivity contribution is 5.64. The summed E-state index contributed by atoms with van der Waals surface area (Å²) in [4.78, 5) is 0. The monoisotopic (exact) mass is 385 g/mol. The Balaban J connectivity index is 1.58. The van der Waals surface area contributed by atoms with Gasteiger partial charge in [0.25, 0.3) is 0 Å². The zero-order valence-corrected chi connectivity index (χ0v) is 17.3. The molecule has 0 radical (unpaired) electrons. The summed E-state index contributed by atoms with van der Waals surface area (Å²) in [5.74, 6) is 0. The molecular formula is C24H27N5. The van der Waals surface area contributed by atoms with Crippen LogP contribution >= 0.6 is 0 Å². The number of aromatic nitrogens is 4. The van der Waals surface area contributed by atoms with E-state index in [0.717, 1.165) is 30.9 Å². The summed E-state index contributed by atoms with van der Waals surface area (Å²) in [5, 5.41) is 12.7. The molecule has 0 aliphatic rings. The van der Waals surface area contributed by atoms with Gasteiger partial charge in [-0.25, -0.2) is 0 Å². The first-order valence-electron chi connectivity index (χ1n) is 9.94. The molecule has 2 aromatic heterocycles. The van der Waals surface area contributed by atoms with Gasteiger partial charge in [-0.1, -0.05) is 42.5 Å². The van der Waals surface area contributed by atoms with Gasteiger partial charge in [-0.05, 0) is 36.6 Å². The zero-order valence-electron chi connectivity index (χ0n) is 17.3. The molecule has 0 unspecified atom stereocenters. The number of nitrogens with zero attached hydrogens (tertiary/aromatic N) is 4. The molecule has 5 heteroatoms. The summed E-state index contributed by atoms with van der Waals surface area (Å²) in [7, 11) is 1.94. The van der Waals surface area contributed by atoms with Crippen molar-refractivity contribution >= 4 is 0 Å². The van der Waals surface area contributed by atoms with E-state index in [0.29, 0.717) is 0 Å². The summed E-state index contributed by atoms with van der Waals surface area (Å²) in [5.41, 5.74) is 8.42. The van der Waals surface area contributed by atoms with E-state index in [-0.39, 0.29) is 0 Å². The van der Waals surface area contributed by atoms with Gasteiger partial charge in [0.2, 0.25) is 0 Å². The number of aryl methyl sites for hydroxylation is 3. The van der Waals surface area contributed by atoms with Crippen LogP contribution in [0.1, 0.15) is 27.8 Å². The van der Waals surface area contributed by atoms with Crippen molar-refractivity contribution in [3.63, 3.8) is 0 Å². The molecule has 0 spiro atoms. The molecule has 4 rings (SSSR count). The predicted molar refractivity (Wildman–Crippen MR) is 116 cm³/mol. The second-order valence-electron chi connectivity index (χ2n) is 7.61. The van der Waals surface area contributed by atoms with Gasteiger partial charge in [-0.2, -0.15) is 10.2 Å². The van der Waals surface area contributed by atoms with Crippen LogP contribution in [0, 0.1) is 13.8 Å². The largest absolute Gasteiger partial charge is 0.308 e. The first-order valence-corrected chi connectivity index (χ1v) is 9.94. The highest BCUT2D eigenvalue weighted by Crippen LogP contribution is 2.25. The van der Waals surface area contributed by atoms with Gasteiger partial charge in [0.15, 0.2) is 0 Å². The molecule has 0 fully saturated rings. The molecule has 0 aliphatic heterocycles. The van der Waals surface area contributed by atoms with Gasteiger partial charge in [0.1, 0.15) is 0 Å². The van der Waals surface area contributed by atoms with Crippen LogP contribution < -0.4 is 5.32 Å². The molecule has 0 amide bonds. The fourth-order valence-corrected chi connectivity index (χ4v) is 3.48. The minimum absolute atomic E-state index is 0.756. The van der Waals surface area contributed by atoms with Crippen LogP contribution in [-0.2, 0) is 26.7 Å². The summed E-state index contributed by atoms with van der Waals surface area (Å²) in [6, 6.07) is 17.0. The summed E-state index contributed by atoms with van der Waals surface area (Å²) in [6.07, 6.45) is 6.10. The van der Waals surface area contributed by atoms with Crippen LogP contribution in [0.2, 0.25) is 0 Å². The van der Waals surface area contributed by atoms with Crippen molar-refractivity contribution in [3.05, 3.63) is 94.9 Å². The first-order chi connectivity index (χ1) is 14.1. The van der Waals surface area contributed by atoms with Gasteiger partial charge in [0, 0.05) is 49.2 Å². The second kappa shape index (κ2) is 8.45. The third kappa shape index (κ3) is 4.63. The molecule has 0 atom stereocenters. The fraction of sp³-hybridized carbons (Fsp3) is 0.250. The van der Waals surface area contributed by atoms with E-state index in [1.165, 1.54) is 27.8 Å². The Hall–Kier alpha value is -3.18. The van der Waals surface area contributed by atoms with Crippen molar-refractivity contribution in [2.45, 2.75) is 33.5 Å². The average molecular weight is 386 g/mol. The topological polar surface area (TPSA) is 47.7 Å². The Labute approximate surface area is 172 Å². The van der Waals surface area contributed by atoms with Crippen LogP contribution in [0.4, 0.5) is 0 Å². The van der Waals surface area contributed by atoms with E-state index in [1.807, 2.05) is 34.9 Å². The summed E-state index contributed by atoms with van der Waals surface area (Å²) in [6.45, 7) is 6.60. The maximum Gasteiger partial charge on any atom is 0.0968 e. The lowest BCUT2D eigenvalue weighted by Gasteiger charge is -2.06. The molecule has 29 heavy (non-hydrogen) atoms. The van der Waals surface area contributed by atoms with Crippen molar-refractivity contribution in [1.29, 1.82) is 0 Å².